The number of hydrogen-bond acceptors (Lipinski definition) is 9. The van der Waals surface area contributed by atoms with Crippen molar-refractivity contribution in [2.75, 3.05) is 6.61 Å². The average molecular weight is 549 g/mol. The fraction of sp³-hybridized carbons (Fsp3) is 0.567. The predicted octanol–water partition coefficient (Wildman–Crippen LogP) is 3.38. The van der Waals surface area contributed by atoms with Gasteiger partial charge in [-0.25, -0.2) is 0 Å². The van der Waals surface area contributed by atoms with E-state index in [9.17, 15) is 30.3 Å². The number of aromatic hydroxyl groups is 1. The lowest BCUT2D eigenvalue weighted by atomic mass is 9.99. The van der Waals surface area contributed by atoms with E-state index in [2.05, 4.69) is 6.08 Å². The Morgan fingerprint density at radius 3 is 2.33 bits per heavy atom. The summed E-state index contributed by atoms with van der Waals surface area (Å²) in [6, 6.07) is 3.20. The maximum atomic E-state index is 11.4. The highest BCUT2D eigenvalue weighted by molar-refractivity contribution is 5.66. The molecule has 1 aromatic rings. The van der Waals surface area contributed by atoms with Crippen LogP contribution in [0.3, 0.4) is 0 Å². The Labute approximate surface area is 231 Å². The van der Waals surface area contributed by atoms with Gasteiger partial charge >= 0.3 is 5.97 Å². The highest BCUT2D eigenvalue weighted by atomic mass is 16.7. The Hall–Kier alpha value is -2.69. The van der Waals surface area contributed by atoms with Crippen LogP contribution in [0.25, 0.3) is 0 Å². The molecule has 5 N–H and O–H groups in total. The molecule has 0 aliphatic carbocycles. The predicted molar refractivity (Wildman–Crippen MR) is 147 cm³/mol. The van der Waals surface area contributed by atoms with E-state index in [0.29, 0.717) is 29.7 Å². The minimum absolute atomic E-state index is 0.0921. The van der Waals surface area contributed by atoms with Crippen LogP contribution in [0.15, 0.2) is 47.1 Å². The second kappa shape index (κ2) is 15.2. The van der Waals surface area contributed by atoms with Gasteiger partial charge in [0.05, 0.1) is 6.61 Å². The maximum absolute atomic E-state index is 11.4. The van der Waals surface area contributed by atoms with Gasteiger partial charge in [0.15, 0.2) is 0 Å². The summed E-state index contributed by atoms with van der Waals surface area (Å²) in [5.74, 6) is 0.140. The number of hydrogen-bond donors (Lipinski definition) is 5. The van der Waals surface area contributed by atoms with Gasteiger partial charge in [-0.3, -0.25) is 4.79 Å². The summed E-state index contributed by atoms with van der Waals surface area (Å²) in [5, 5.41) is 50.2. The third-order valence-corrected chi connectivity index (χ3v) is 6.53. The molecule has 0 bridgehead atoms. The lowest BCUT2D eigenvalue weighted by Gasteiger charge is -2.39. The molecule has 0 amide bonds. The van der Waals surface area contributed by atoms with Crippen LogP contribution in [0.2, 0.25) is 0 Å². The topological polar surface area (TPSA) is 146 Å². The number of phenols is 1. The summed E-state index contributed by atoms with van der Waals surface area (Å²) in [5.41, 5.74) is 4.54. The number of aryl methyl sites for hydroxylation is 1. The molecule has 1 aliphatic rings. The van der Waals surface area contributed by atoms with E-state index in [4.69, 9.17) is 14.2 Å². The molecule has 1 aliphatic heterocycles. The molecule has 9 heteroatoms. The van der Waals surface area contributed by atoms with E-state index in [1.54, 1.807) is 19.1 Å². The molecule has 0 radical (unpaired) electrons. The molecule has 1 heterocycles. The molecule has 6 atom stereocenters. The van der Waals surface area contributed by atoms with Crippen LogP contribution >= 0.6 is 0 Å². The smallest absolute Gasteiger partial charge is 0.303 e. The summed E-state index contributed by atoms with van der Waals surface area (Å²) < 4.78 is 16.8. The number of ether oxygens (including phenoxy) is 3. The van der Waals surface area contributed by atoms with Crippen molar-refractivity contribution < 1.29 is 44.5 Å². The maximum Gasteiger partial charge on any atom is 0.303 e. The molecule has 0 aromatic heterocycles. The van der Waals surface area contributed by atoms with Crippen LogP contribution < -0.4 is 4.74 Å². The van der Waals surface area contributed by atoms with E-state index < -0.39 is 37.3 Å². The first-order chi connectivity index (χ1) is 18.3. The van der Waals surface area contributed by atoms with Crippen molar-refractivity contribution in [2.24, 2.45) is 0 Å². The van der Waals surface area contributed by atoms with Gasteiger partial charge in [0.2, 0.25) is 6.29 Å². The number of aliphatic hydroxyl groups excluding tert-OH is 4. The first-order valence-corrected chi connectivity index (χ1v) is 13.3. The summed E-state index contributed by atoms with van der Waals surface area (Å²) in [6.45, 7) is 10.5. The van der Waals surface area contributed by atoms with Crippen molar-refractivity contribution in [3.8, 4) is 11.5 Å². The molecular formula is C30H44O9. The largest absolute Gasteiger partial charge is 0.508 e. The summed E-state index contributed by atoms with van der Waals surface area (Å²) in [7, 11) is 0. The van der Waals surface area contributed by atoms with Gasteiger partial charge in [0.1, 0.15) is 42.0 Å². The van der Waals surface area contributed by atoms with Crippen LogP contribution in [-0.4, -0.2) is 74.9 Å². The minimum Gasteiger partial charge on any atom is -0.508 e. The molecule has 2 rings (SSSR count). The van der Waals surface area contributed by atoms with Crippen molar-refractivity contribution in [3.05, 3.63) is 58.2 Å². The fourth-order valence-electron chi connectivity index (χ4n) is 4.33. The number of allylic oxidation sites excluding steroid dienone is 4. The van der Waals surface area contributed by atoms with Crippen LogP contribution in [-0.2, 0) is 20.7 Å². The van der Waals surface area contributed by atoms with Crippen molar-refractivity contribution >= 4 is 5.97 Å². The van der Waals surface area contributed by atoms with Crippen LogP contribution in [0.5, 0.6) is 11.5 Å². The Kier molecular flexibility index (Phi) is 12.7. The van der Waals surface area contributed by atoms with Crippen molar-refractivity contribution in [2.45, 2.75) is 104 Å². The van der Waals surface area contributed by atoms with Crippen molar-refractivity contribution in [3.63, 3.8) is 0 Å². The monoisotopic (exact) mass is 548 g/mol. The van der Waals surface area contributed by atoms with E-state index >= 15 is 0 Å². The van der Waals surface area contributed by atoms with E-state index in [1.807, 2.05) is 39.8 Å². The van der Waals surface area contributed by atoms with Crippen molar-refractivity contribution in [1.29, 1.82) is 0 Å². The van der Waals surface area contributed by atoms with Gasteiger partial charge in [-0.15, -0.1) is 0 Å². The van der Waals surface area contributed by atoms with Crippen molar-refractivity contribution in [1.82, 2.24) is 0 Å². The number of carbonyl (C=O) groups excluding carboxylic acids is 1. The SMILES string of the molecule is CC(=O)O[C@@H](C=C(C)C)C/C(C)=C/CC/C(C)=C/Cc1cc(O)c(C)cc1O[C@@H]1O[C@H](CO)[C@H](O)[C@H](O)[C@H]1O. The van der Waals surface area contributed by atoms with Gasteiger partial charge < -0.3 is 39.7 Å². The molecule has 0 saturated carbocycles. The van der Waals surface area contributed by atoms with Gasteiger partial charge in [-0.1, -0.05) is 28.9 Å². The Morgan fingerprint density at radius 1 is 1.03 bits per heavy atom. The van der Waals surface area contributed by atoms with Crippen LogP contribution in [0.1, 0.15) is 65.0 Å². The number of benzene rings is 1. The summed E-state index contributed by atoms with van der Waals surface area (Å²) >= 11 is 0. The second-order valence-electron chi connectivity index (χ2n) is 10.5. The third-order valence-electron chi connectivity index (χ3n) is 6.53. The van der Waals surface area contributed by atoms with Gasteiger partial charge in [0.25, 0.3) is 0 Å². The third kappa shape index (κ3) is 10.1. The molecule has 1 saturated heterocycles. The summed E-state index contributed by atoms with van der Waals surface area (Å²) in [4.78, 5) is 11.4. The second-order valence-corrected chi connectivity index (χ2v) is 10.5. The Morgan fingerprint density at radius 2 is 1.72 bits per heavy atom. The Balaban J connectivity index is 2.07. The zero-order chi connectivity index (χ0) is 29.3. The number of rotatable bonds is 12. The van der Waals surface area contributed by atoms with E-state index in [-0.39, 0.29) is 17.8 Å². The van der Waals surface area contributed by atoms with Crippen LogP contribution in [0, 0.1) is 6.92 Å². The Bertz CT molecular complexity index is 1050. The molecule has 1 fully saturated rings. The molecule has 0 spiro atoms. The first-order valence-electron chi connectivity index (χ1n) is 13.3. The highest BCUT2D eigenvalue weighted by Gasteiger charge is 2.44. The van der Waals surface area contributed by atoms with E-state index in [0.717, 1.165) is 29.6 Å². The average Bonchev–Trinajstić information content (AvgIpc) is 2.84. The molecule has 39 heavy (non-hydrogen) atoms. The number of carbonyl (C=O) groups is 1. The number of aliphatic hydroxyl groups is 4. The molecule has 1 aromatic carbocycles. The molecule has 0 unspecified atom stereocenters. The minimum atomic E-state index is -1.55. The standard InChI is InChI=1S/C30H44O9/c1-17(2)12-23(37-21(6)32)13-19(4)9-7-8-18(3)10-11-22-15-24(33)20(5)14-25(22)38-30-29(36)28(35)27(34)26(16-31)39-30/h9-10,12,14-15,23,26-31,33-36H,7-8,11,13,16H2,1-6H3/b18-10+,19-9+/t23-,26+,27-,28-,29+,30+/m0/s1. The molecule has 218 valence electrons. The molecular weight excluding hydrogens is 504 g/mol. The van der Waals surface area contributed by atoms with E-state index in [1.165, 1.54) is 6.92 Å². The highest BCUT2D eigenvalue weighted by Crippen LogP contribution is 2.32. The lowest BCUT2D eigenvalue weighted by Crippen LogP contribution is -2.60. The first kappa shape index (κ1) is 32.5. The molecule has 9 nitrogen and oxygen atoms in total. The normalized spacial score (nSPS) is 24.7. The zero-order valence-electron chi connectivity index (χ0n) is 23.8. The van der Waals surface area contributed by atoms with Crippen LogP contribution in [0.4, 0.5) is 0 Å². The fourth-order valence-corrected chi connectivity index (χ4v) is 4.33. The van der Waals surface area contributed by atoms with Gasteiger partial charge in [-0.2, -0.15) is 0 Å². The van der Waals surface area contributed by atoms with Gasteiger partial charge in [-0.05, 0) is 77.7 Å². The zero-order valence-corrected chi connectivity index (χ0v) is 23.8. The van der Waals surface area contributed by atoms with Gasteiger partial charge in [0, 0.05) is 18.9 Å². The number of phenolic OH excluding ortho intramolecular Hbond substituents is 1. The lowest BCUT2D eigenvalue weighted by molar-refractivity contribution is -0.277. The summed E-state index contributed by atoms with van der Waals surface area (Å²) in [6.07, 6.45) is 1.55. The number of esters is 1. The quantitative estimate of drug-likeness (QED) is 0.196.